The molecule has 0 radical (unpaired) electrons. The first kappa shape index (κ1) is 59.6. The summed E-state index contributed by atoms with van der Waals surface area (Å²) in [5.74, 6) is 0.548. The summed E-state index contributed by atoms with van der Waals surface area (Å²) in [6.45, 7) is 29.0. The van der Waals surface area contributed by atoms with Gasteiger partial charge in [-0.1, -0.05) is 152 Å². The van der Waals surface area contributed by atoms with Gasteiger partial charge < -0.3 is 10.2 Å². The summed E-state index contributed by atoms with van der Waals surface area (Å²) in [7, 11) is 0. The molecule has 0 aromatic heterocycles. The van der Waals surface area contributed by atoms with Gasteiger partial charge in [0.15, 0.2) is 0 Å². The second-order valence-corrected chi connectivity index (χ2v) is 20.7. The van der Waals surface area contributed by atoms with Crippen molar-refractivity contribution in [2.24, 2.45) is 0 Å². The predicted molar refractivity (Wildman–Crippen MR) is 305 cm³/mol. The number of phenols is 2. The highest BCUT2D eigenvalue weighted by atomic mass is 16.3. The summed E-state index contributed by atoms with van der Waals surface area (Å²) in [5.41, 5.74) is 17.9. The fourth-order valence-electron chi connectivity index (χ4n) is 8.63. The van der Waals surface area contributed by atoms with Gasteiger partial charge in [0.1, 0.15) is 11.5 Å². The zero-order valence-electron chi connectivity index (χ0n) is 45.9. The number of aromatic hydroxyl groups is 2. The SMILES string of the molecule is CC(C)=CCC/C(C)=C/CC/C(C)=C/CC/C(C)=C/CC/C(C)=C/CC/C(C)=C/CC/C(C)=C/CC/C(C)=C/CC/C(C)=C/CC/C(C)=C/CC/C(C)=C/Cc1c(C)c(O)c2ccccc2c1O. The topological polar surface area (TPSA) is 40.5 Å². The van der Waals surface area contributed by atoms with Gasteiger partial charge in [0.25, 0.3) is 0 Å². The molecule has 2 N–H and O–H groups in total. The molecule has 0 fully saturated rings. The molecule has 0 amide bonds. The average molecular weight is 924 g/mol. The third-order valence-electron chi connectivity index (χ3n) is 13.6. The van der Waals surface area contributed by atoms with Crippen LogP contribution in [0.4, 0.5) is 0 Å². The molecule has 0 bridgehead atoms. The van der Waals surface area contributed by atoms with Gasteiger partial charge in [-0.05, 0) is 230 Å². The van der Waals surface area contributed by atoms with Crippen LogP contribution in [0.1, 0.15) is 223 Å². The molecule has 2 aromatic rings. The van der Waals surface area contributed by atoms with Crippen molar-refractivity contribution in [3.8, 4) is 11.5 Å². The van der Waals surface area contributed by atoms with Crippen LogP contribution in [0.2, 0.25) is 0 Å². The van der Waals surface area contributed by atoms with Crippen molar-refractivity contribution < 1.29 is 10.2 Å². The third-order valence-corrected chi connectivity index (χ3v) is 13.6. The summed E-state index contributed by atoms with van der Waals surface area (Å²) >= 11 is 0. The van der Waals surface area contributed by atoms with Crippen LogP contribution in [0.25, 0.3) is 10.8 Å². The van der Waals surface area contributed by atoms with E-state index in [1.165, 1.54) is 93.4 Å². The lowest BCUT2D eigenvalue weighted by atomic mass is 9.95. The van der Waals surface area contributed by atoms with Gasteiger partial charge in [-0.25, -0.2) is 0 Å². The van der Waals surface area contributed by atoms with Crippen LogP contribution in [0, 0.1) is 6.92 Å². The predicted octanol–water partition coefficient (Wildman–Crippen LogP) is 21.3. The first-order valence-electron chi connectivity index (χ1n) is 26.6. The van der Waals surface area contributed by atoms with E-state index in [1.807, 2.05) is 31.2 Å². The molecule has 0 heterocycles. The lowest BCUT2D eigenvalue weighted by molar-refractivity contribution is 0.461. The summed E-state index contributed by atoms with van der Waals surface area (Å²) in [6.07, 6.45) is 49.9. The van der Waals surface area contributed by atoms with Gasteiger partial charge in [-0.3, -0.25) is 0 Å². The molecule has 2 heteroatoms. The van der Waals surface area contributed by atoms with Crippen LogP contribution in [-0.2, 0) is 6.42 Å². The molecule has 0 spiro atoms. The van der Waals surface area contributed by atoms with Gasteiger partial charge in [-0.15, -0.1) is 0 Å². The maximum absolute atomic E-state index is 10.9. The van der Waals surface area contributed by atoms with E-state index in [-0.39, 0.29) is 11.5 Å². The van der Waals surface area contributed by atoms with Crippen LogP contribution in [0.15, 0.2) is 152 Å². The van der Waals surface area contributed by atoms with Crippen molar-refractivity contribution in [2.75, 3.05) is 0 Å². The number of hydrogen-bond acceptors (Lipinski definition) is 2. The highest BCUT2D eigenvalue weighted by Crippen LogP contribution is 2.39. The molecule has 2 rings (SSSR count). The maximum atomic E-state index is 10.9. The van der Waals surface area contributed by atoms with Crippen molar-refractivity contribution in [1.29, 1.82) is 0 Å². The summed E-state index contributed by atoms with van der Waals surface area (Å²) in [5, 5.41) is 23.0. The Morgan fingerprint density at radius 1 is 0.324 bits per heavy atom. The van der Waals surface area contributed by atoms with E-state index < -0.39 is 0 Å². The highest BCUT2D eigenvalue weighted by Gasteiger charge is 2.15. The van der Waals surface area contributed by atoms with Crippen molar-refractivity contribution in [1.82, 2.24) is 0 Å². The van der Waals surface area contributed by atoms with Gasteiger partial charge in [0.05, 0.1) is 0 Å². The number of allylic oxidation sites excluding steroid dienone is 22. The second kappa shape index (κ2) is 34.7. The zero-order valence-corrected chi connectivity index (χ0v) is 45.9. The molecular weight excluding hydrogens is 825 g/mol. The number of fused-ring (bicyclic) bond motifs is 1. The highest BCUT2D eigenvalue weighted by molar-refractivity contribution is 5.95. The zero-order chi connectivity index (χ0) is 50.3. The molecule has 374 valence electrons. The van der Waals surface area contributed by atoms with Gasteiger partial charge in [0.2, 0.25) is 0 Å². The Balaban J connectivity index is 1.58. The fourth-order valence-corrected chi connectivity index (χ4v) is 8.63. The van der Waals surface area contributed by atoms with Gasteiger partial charge in [-0.2, -0.15) is 0 Å². The largest absolute Gasteiger partial charge is 0.507 e. The lowest BCUT2D eigenvalue weighted by Gasteiger charge is -2.13. The van der Waals surface area contributed by atoms with Crippen LogP contribution in [0.3, 0.4) is 0 Å². The van der Waals surface area contributed by atoms with Crippen molar-refractivity contribution in [2.45, 2.75) is 225 Å². The third kappa shape index (κ3) is 26.8. The molecule has 0 aliphatic heterocycles. The number of benzene rings is 2. The fraction of sp³-hybridized carbons (Fsp3) is 0.515. The molecule has 0 aliphatic rings. The van der Waals surface area contributed by atoms with Gasteiger partial charge >= 0.3 is 0 Å². The molecular formula is C66H98O2. The smallest absolute Gasteiger partial charge is 0.127 e. The van der Waals surface area contributed by atoms with E-state index in [2.05, 4.69) is 150 Å². The Morgan fingerprint density at radius 3 is 0.794 bits per heavy atom. The summed E-state index contributed by atoms with van der Waals surface area (Å²) in [4.78, 5) is 0. The minimum Gasteiger partial charge on any atom is -0.507 e. The first-order valence-corrected chi connectivity index (χ1v) is 26.6. The Morgan fingerprint density at radius 2 is 0.544 bits per heavy atom. The number of rotatable bonds is 32. The average Bonchev–Trinajstić information content (AvgIpc) is 3.28. The Hall–Kier alpha value is -4.56. The molecule has 2 nitrogen and oxygen atoms in total. The van der Waals surface area contributed by atoms with Crippen molar-refractivity contribution >= 4 is 10.8 Å². The minimum absolute atomic E-state index is 0.267. The van der Waals surface area contributed by atoms with E-state index in [0.29, 0.717) is 17.2 Å². The van der Waals surface area contributed by atoms with Crippen molar-refractivity contribution in [3.63, 3.8) is 0 Å². The molecule has 0 atom stereocenters. The van der Waals surface area contributed by atoms with E-state index in [0.717, 1.165) is 107 Å². The van der Waals surface area contributed by atoms with E-state index in [9.17, 15) is 10.2 Å². The maximum Gasteiger partial charge on any atom is 0.127 e. The lowest BCUT2D eigenvalue weighted by Crippen LogP contribution is -1.92. The van der Waals surface area contributed by atoms with Gasteiger partial charge in [0, 0.05) is 16.3 Å². The normalized spacial score (nSPS) is 14.4. The Labute approximate surface area is 419 Å². The molecule has 0 saturated heterocycles. The number of phenolic OH excluding ortho intramolecular Hbond substituents is 2. The molecule has 0 saturated carbocycles. The molecule has 0 aliphatic carbocycles. The quantitative estimate of drug-likeness (QED) is 0.0567. The standard InChI is InChI=1S/C66H98O2/c1-50(2)26-16-27-51(3)28-17-29-52(4)30-18-31-53(5)32-19-33-54(6)34-20-35-55(7)36-21-37-56(8)38-22-39-57(9)40-23-41-58(10)42-24-43-59(11)44-25-45-60(12)48-49-62-61(13)65(67)63-46-14-15-47-64(63)66(62)68/h14-15,26,28,30,32,34,36,38,40,42,44,46-48,67-68H,16-25,27,29,31,33,35,37,39,41,43,45,49H2,1-13H3/b51-28+,52-30+,53-32+,54-34+,55-36+,56-38+,57-40+,58-42+,59-44+,60-48+. The van der Waals surface area contributed by atoms with Crippen LogP contribution in [0.5, 0.6) is 11.5 Å². The monoisotopic (exact) mass is 923 g/mol. The first-order chi connectivity index (χ1) is 32.5. The van der Waals surface area contributed by atoms with Crippen LogP contribution in [-0.4, -0.2) is 10.2 Å². The minimum atomic E-state index is 0.267. The molecule has 68 heavy (non-hydrogen) atoms. The van der Waals surface area contributed by atoms with E-state index in [4.69, 9.17) is 0 Å². The Bertz CT molecular complexity index is 2190. The second-order valence-electron chi connectivity index (χ2n) is 20.7. The van der Waals surface area contributed by atoms with E-state index in [1.54, 1.807) is 0 Å². The summed E-state index contributed by atoms with van der Waals surface area (Å²) < 4.78 is 0. The molecule has 0 unspecified atom stereocenters. The van der Waals surface area contributed by atoms with Crippen LogP contribution < -0.4 is 0 Å². The van der Waals surface area contributed by atoms with Crippen LogP contribution >= 0.6 is 0 Å². The van der Waals surface area contributed by atoms with Crippen molar-refractivity contribution in [3.05, 3.63) is 164 Å². The molecule has 2 aromatic carbocycles. The summed E-state index contributed by atoms with van der Waals surface area (Å²) in [6, 6.07) is 7.51. The van der Waals surface area contributed by atoms with E-state index >= 15 is 0 Å². The number of hydrogen-bond donors (Lipinski definition) is 2. The Kier molecular flexibility index (Phi) is 30.4.